The second-order valence-corrected chi connectivity index (χ2v) is 8.10. The van der Waals surface area contributed by atoms with Gasteiger partial charge in [0.25, 0.3) is 0 Å². The van der Waals surface area contributed by atoms with E-state index in [1.54, 1.807) is 0 Å². The molecule has 3 rings (SSSR count). The maximum Gasteiger partial charge on any atom is 0.191 e. The van der Waals surface area contributed by atoms with Gasteiger partial charge in [0.2, 0.25) is 0 Å². The molecule has 7 heteroatoms. The van der Waals surface area contributed by atoms with Gasteiger partial charge in [-0.15, -0.1) is 10.2 Å². The quantitative estimate of drug-likeness (QED) is 0.551. The summed E-state index contributed by atoms with van der Waals surface area (Å²) in [7, 11) is 0. The first-order chi connectivity index (χ1) is 12.5. The van der Waals surface area contributed by atoms with Crippen LogP contribution in [-0.2, 0) is 13.0 Å². The van der Waals surface area contributed by atoms with Crippen molar-refractivity contribution in [3.05, 3.63) is 11.6 Å². The van der Waals surface area contributed by atoms with Crippen molar-refractivity contribution in [2.45, 2.75) is 89.8 Å². The Labute approximate surface area is 156 Å². The van der Waals surface area contributed by atoms with E-state index in [-0.39, 0.29) is 0 Å². The molecule has 1 aromatic heterocycles. The molecular weight excluding hydrogens is 328 g/mol. The van der Waals surface area contributed by atoms with Gasteiger partial charge >= 0.3 is 0 Å². The average molecular weight is 363 g/mol. The number of aryl methyl sites for hydroxylation is 1. The minimum Gasteiger partial charge on any atom is -0.388 e. The number of aromatic nitrogens is 3. The topological polar surface area (TPSA) is 87.4 Å². The molecule has 0 spiro atoms. The SMILES string of the molecule is CCNC(=NCC1(O)CCCCC1)NC1CCc2nnc(C(C)C)n2C1. The smallest absolute Gasteiger partial charge is 0.191 e. The summed E-state index contributed by atoms with van der Waals surface area (Å²) >= 11 is 0. The van der Waals surface area contributed by atoms with Crippen molar-refractivity contribution in [3.8, 4) is 0 Å². The molecule has 0 radical (unpaired) electrons. The molecule has 1 aliphatic carbocycles. The summed E-state index contributed by atoms with van der Waals surface area (Å²) in [4.78, 5) is 4.71. The molecule has 1 saturated carbocycles. The van der Waals surface area contributed by atoms with E-state index in [1.165, 1.54) is 6.42 Å². The third kappa shape index (κ3) is 4.55. The van der Waals surface area contributed by atoms with Crippen LogP contribution in [0.15, 0.2) is 4.99 Å². The third-order valence-corrected chi connectivity index (χ3v) is 5.49. The summed E-state index contributed by atoms with van der Waals surface area (Å²) < 4.78 is 2.25. The molecule has 0 bridgehead atoms. The highest BCUT2D eigenvalue weighted by atomic mass is 16.3. The number of hydrogen-bond acceptors (Lipinski definition) is 4. The van der Waals surface area contributed by atoms with Gasteiger partial charge in [0.1, 0.15) is 11.6 Å². The Hall–Kier alpha value is -1.63. The van der Waals surface area contributed by atoms with Crippen molar-refractivity contribution in [1.29, 1.82) is 0 Å². The zero-order chi connectivity index (χ0) is 18.6. The number of aliphatic imine (C=N–C) groups is 1. The summed E-state index contributed by atoms with van der Waals surface area (Å²) in [5.74, 6) is 3.33. The highest BCUT2D eigenvalue weighted by molar-refractivity contribution is 5.80. The van der Waals surface area contributed by atoms with Gasteiger partial charge in [-0.2, -0.15) is 0 Å². The maximum atomic E-state index is 10.7. The zero-order valence-corrected chi connectivity index (χ0v) is 16.5. The van der Waals surface area contributed by atoms with E-state index in [2.05, 4.69) is 46.2 Å². The largest absolute Gasteiger partial charge is 0.388 e. The van der Waals surface area contributed by atoms with Crippen molar-refractivity contribution in [2.75, 3.05) is 13.1 Å². The van der Waals surface area contributed by atoms with E-state index in [9.17, 15) is 5.11 Å². The highest BCUT2D eigenvalue weighted by Gasteiger charge is 2.29. The second kappa shape index (κ2) is 8.37. The van der Waals surface area contributed by atoms with E-state index < -0.39 is 5.60 Å². The lowest BCUT2D eigenvalue weighted by Gasteiger charge is -2.31. The van der Waals surface area contributed by atoms with Crippen molar-refractivity contribution in [1.82, 2.24) is 25.4 Å². The van der Waals surface area contributed by atoms with Crippen LogP contribution in [0.1, 0.15) is 76.9 Å². The Morgan fingerprint density at radius 2 is 2.08 bits per heavy atom. The van der Waals surface area contributed by atoms with Gasteiger partial charge in [-0.05, 0) is 26.2 Å². The van der Waals surface area contributed by atoms with Crippen LogP contribution in [0.25, 0.3) is 0 Å². The van der Waals surface area contributed by atoms with Gasteiger partial charge in [-0.1, -0.05) is 33.1 Å². The number of aliphatic hydroxyl groups is 1. The van der Waals surface area contributed by atoms with Crippen LogP contribution in [0.4, 0.5) is 0 Å². The first kappa shape index (κ1) is 19.1. The second-order valence-electron chi connectivity index (χ2n) is 8.10. The standard InChI is InChI=1S/C19H34N6O/c1-4-20-18(21-13-19(26)10-6-5-7-11-19)22-15-8-9-16-23-24-17(14(2)3)25(16)12-15/h14-15,26H,4-13H2,1-3H3,(H2,20,21,22). The van der Waals surface area contributed by atoms with E-state index in [0.717, 1.165) is 69.2 Å². The molecule has 1 aliphatic heterocycles. The normalized spacial score (nSPS) is 23.0. The Morgan fingerprint density at radius 1 is 1.31 bits per heavy atom. The van der Waals surface area contributed by atoms with Crippen molar-refractivity contribution in [2.24, 2.45) is 4.99 Å². The van der Waals surface area contributed by atoms with Crippen LogP contribution in [0.3, 0.4) is 0 Å². The van der Waals surface area contributed by atoms with E-state index in [4.69, 9.17) is 4.99 Å². The van der Waals surface area contributed by atoms with Gasteiger partial charge in [-0.3, -0.25) is 4.99 Å². The van der Waals surface area contributed by atoms with Crippen molar-refractivity contribution >= 4 is 5.96 Å². The number of hydrogen-bond donors (Lipinski definition) is 3. The fraction of sp³-hybridized carbons (Fsp3) is 0.842. The summed E-state index contributed by atoms with van der Waals surface area (Å²) in [6, 6.07) is 0.301. The summed E-state index contributed by atoms with van der Waals surface area (Å²) in [6.07, 6.45) is 7.11. The first-order valence-electron chi connectivity index (χ1n) is 10.2. The van der Waals surface area contributed by atoms with Gasteiger partial charge < -0.3 is 20.3 Å². The predicted octanol–water partition coefficient (Wildman–Crippen LogP) is 1.97. The molecular formula is C19H34N6O. The molecule has 2 aliphatic rings. The Kier molecular flexibility index (Phi) is 6.16. The maximum absolute atomic E-state index is 10.7. The molecule has 0 aromatic carbocycles. The van der Waals surface area contributed by atoms with Gasteiger partial charge in [-0.25, -0.2) is 0 Å². The van der Waals surface area contributed by atoms with Crippen molar-refractivity contribution in [3.63, 3.8) is 0 Å². The fourth-order valence-electron chi connectivity index (χ4n) is 4.00. The van der Waals surface area contributed by atoms with E-state index in [0.29, 0.717) is 18.5 Å². The number of guanidine groups is 1. The Balaban J connectivity index is 1.64. The molecule has 2 heterocycles. The molecule has 1 unspecified atom stereocenters. The molecule has 26 heavy (non-hydrogen) atoms. The monoisotopic (exact) mass is 362 g/mol. The lowest BCUT2D eigenvalue weighted by atomic mass is 9.85. The number of rotatable bonds is 5. The lowest BCUT2D eigenvalue weighted by Crippen LogP contribution is -2.48. The summed E-state index contributed by atoms with van der Waals surface area (Å²) in [6.45, 7) is 8.54. The minimum absolute atomic E-state index is 0.301. The Bertz CT molecular complexity index is 618. The molecule has 1 atom stereocenters. The molecule has 0 saturated heterocycles. The van der Waals surface area contributed by atoms with Crippen LogP contribution >= 0.6 is 0 Å². The average Bonchev–Trinajstić information content (AvgIpc) is 3.04. The van der Waals surface area contributed by atoms with Crippen LogP contribution in [0.5, 0.6) is 0 Å². The third-order valence-electron chi connectivity index (χ3n) is 5.49. The Morgan fingerprint density at radius 3 is 2.77 bits per heavy atom. The van der Waals surface area contributed by atoms with Gasteiger partial charge in [0, 0.05) is 31.5 Å². The van der Waals surface area contributed by atoms with Gasteiger partial charge in [0.15, 0.2) is 5.96 Å². The number of fused-ring (bicyclic) bond motifs is 1. The molecule has 1 aromatic rings. The first-order valence-corrected chi connectivity index (χ1v) is 10.2. The number of nitrogens with one attached hydrogen (secondary N) is 2. The fourth-order valence-corrected chi connectivity index (χ4v) is 4.00. The predicted molar refractivity (Wildman–Crippen MR) is 103 cm³/mol. The molecule has 0 amide bonds. The number of nitrogens with zero attached hydrogens (tertiary/aromatic N) is 4. The van der Waals surface area contributed by atoms with E-state index >= 15 is 0 Å². The minimum atomic E-state index is -0.626. The summed E-state index contributed by atoms with van der Waals surface area (Å²) in [5.41, 5.74) is -0.626. The highest BCUT2D eigenvalue weighted by Crippen LogP contribution is 2.28. The van der Waals surface area contributed by atoms with Gasteiger partial charge in [0.05, 0.1) is 12.1 Å². The van der Waals surface area contributed by atoms with Crippen LogP contribution < -0.4 is 10.6 Å². The summed E-state index contributed by atoms with van der Waals surface area (Å²) in [5, 5.41) is 26.3. The molecule has 1 fully saturated rings. The van der Waals surface area contributed by atoms with Crippen LogP contribution in [-0.4, -0.2) is 50.6 Å². The lowest BCUT2D eigenvalue weighted by molar-refractivity contribution is 0.0131. The van der Waals surface area contributed by atoms with Crippen LogP contribution in [0, 0.1) is 0 Å². The molecule has 3 N–H and O–H groups in total. The zero-order valence-electron chi connectivity index (χ0n) is 16.5. The van der Waals surface area contributed by atoms with Crippen molar-refractivity contribution < 1.29 is 5.11 Å². The van der Waals surface area contributed by atoms with Crippen LogP contribution in [0.2, 0.25) is 0 Å². The van der Waals surface area contributed by atoms with E-state index in [1.807, 2.05) is 0 Å². The molecule has 146 valence electrons. The molecule has 7 nitrogen and oxygen atoms in total.